The van der Waals surface area contributed by atoms with Gasteiger partial charge in [0, 0.05) is 24.5 Å². The minimum atomic E-state index is -1.08. The first-order valence-corrected chi connectivity index (χ1v) is 17.5. The van der Waals surface area contributed by atoms with Crippen molar-refractivity contribution >= 4 is 35.6 Å². The molecule has 0 bridgehead atoms. The average Bonchev–Trinajstić information content (AvgIpc) is 3.05. The molecule has 13 heteroatoms. The van der Waals surface area contributed by atoms with Gasteiger partial charge in [0.05, 0.1) is 31.9 Å². The molecule has 0 unspecified atom stereocenters. The molecule has 0 heterocycles. The molecule has 0 fully saturated rings. The predicted octanol–water partition coefficient (Wildman–Crippen LogP) is 4.08. The maximum absolute atomic E-state index is 14.2. The average molecular weight is 731 g/mol. The second kappa shape index (κ2) is 19.0. The van der Waals surface area contributed by atoms with Crippen LogP contribution in [0.15, 0.2) is 35.9 Å². The molecule has 1 aromatic carbocycles. The summed E-state index contributed by atoms with van der Waals surface area (Å²) in [6.45, 7) is 20.2. The van der Waals surface area contributed by atoms with E-state index >= 15 is 0 Å². The number of methoxy groups -OCH3 is 2. The SMILES string of the molecule is CN[C@H](C(=O)N[C@H](C(=O)N(C)[C@H](/C=C(\C)C(=O)N[C@H](CCC(=O)OC)C(=O)OC)C(C)C)C(C)(C)C)C(C)(C)c1ccc(C(=O)OC(C)(C)C)cc1. The highest BCUT2D eigenvalue weighted by Gasteiger charge is 2.42. The Balaban J connectivity index is 3.32. The quantitative estimate of drug-likeness (QED) is 0.128. The summed E-state index contributed by atoms with van der Waals surface area (Å²) in [7, 11) is 5.72. The molecular weight excluding hydrogens is 668 g/mol. The van der Waals surface area contributed by atoms with Crippen molar-refractivity contribution in [3.8, 4) is 0 Å². The summed E-state index contributed by atoms with van der Waals surface area (Å²) in [6.07, 6.45) is 1.53. The number of carbonyl (C=O) groups excluding carboxylic acids is 6. The summed E-state index contributed by atoms with van der Waals surface area (Å²) in [5, 5.41) is 8.74. The molecular formula is C39H62N4O9. The van der Waals surface area contributed by atoms with Crippen LogP contribution in [0.3, 0.4) is 0 Å². The number of ether oxygens (including phenoxy) is 3. The number of esters is 3. The van der Waals surface area contributed by atoms with Gasteiger partial charge < -0.3 is 35.1 Å². The zero-order valence-corrected chi connectivity index (χ0v) is 33.8. The van der Waals surface area contributed by atoms with E-state index in [0.717, 1.165) is 5.56 Å². The second-order valence-corrected chi connectivity index (χ2v) is 16.0. The van der Waals surface area contributed by atoms with E-state index in [-0.39, 0.29) is 30.2 Å². The Hall–Kier alpha value is -4.26. The van der Waals surface area contributed by atoms with Gasteiger partial charge in [-0.2, -0.15) is 0 Å². The van der Waals surface area contributed by atoms with Crippen molar-refractivity contribution in [3.05, 3.63) is 47.0 Å². The maximum atomic E-state index is 14.2. The lowest BCUT2D eigenvalue weighted by atomic mass is 9.76. The van der Waals surface area contributed by atoms with Crippen LogP contribution < -0.4 is 16.0 Å². The Morgan fingerprint density at radius 3 is 1.85 bits per heavy atom. The van der Waals surface area contributed by atoms with E-state index in [1.165, 1.54) is 19.1 Å². The molecule has 0 aliphatic rings. The minimum absolute atomic E-state index is 0.0147. The minimum Gasteiger partial charge on any atom is -0.469 e. The number of amides is 3. The lowest BCUT2D eigenvalue weighted by Gasteiger charge is -2.40. The van der Waals surface area contributed by atoms with Crippen LogP contribution in [0.2, 0.25) is 0 Å². The Morgan fingerprint density at radius 2 is 1.40 bits per heavy atom. The number of hydrogen-bond donors (Lipinski definition) is 3. The molecule has 0 radical (unpaired) electrons. The van der Waals surface area contributed by atoms with Crippen LogP contribution >= 0.6 is 0 Å². The summed E-state index contributed by atoms with van der Waals surface area (Å²) in [5.74, 6) is -3.14. The highest BCUT2D eigenvalue weighted by molar-refractivity contribution is 5.96. The standard InChI is InChI=1S/C39H62N4O9/c1-23(2)28(22-24(3)32(45)41-27(36(49)51-15)20-21-29(44)50-14)43(13)34(47)31(37(4,5)6)42-33(46)30(40-12)39(10,11)26-18-16-25(17-19-26)35(48)52-38(7,8)9/h16-19,22-23,27-28,30-31,40H,20-21H2,1-15H3,(H,41,45)(H,42,46)/b24-22+/t27-,28-,30-,31-/m1/s1. The fourth-order valence-corrected chi connectivity index (χ4v) is 5.69. The third-order valence-electron chi connectivity index (χ3n) is 8.85. The van der Waals surface area contributed by atoms with Gasteiger partial charge in [0.2, 0.25) is 17.7 Å². The number of rotatable bonds is 16. The number of nitrogens with zero attached hydrogens (tertiary/aromatic N) is 1. The molecule has 4 atom stereocenters. The van der Waals surface area contributed by atoms with E-state index in [1.54, 1.807) is 72.1 Å². The lowest BCUT2D eigenvalue weighted by Crippen LogP contribution is -2.61. The first-order chi connectivity index (χ1) is 23.8. The molecule has 0 aliphatic carbocycles. The molecule has 13 nitrogen and oxygen atoms in total. The van der Waals surface area contributed by atoms with E-state index in [0.29, 0.717) is 5.56 Å². The van der Waals surface area contributed by atoms with Gasteiger partial charge in [-0.3, -0.25) is 19.2 Å². The number of benzene rings is 1. The predicted molar refractivity (Wildman–Crippen MR) is 199 cm³/mol. The largest absolute Gasteiger partial charge is 0.469 e. The molecule has 1 rings (SSSR count). The smallest absolute Gasteiger partial charge is 0.338 e. The molecule has 0 aliphatic heterocycles. The van der Waals surface area contributed by atoms with Crippen molar-refractivity contribution in [1.29, 1.82) is 0 Å². The van der Waals surface area contributed by atoms with Crippen molar-refractivity contribution < 1.29 is 43.0 Å². The van der Waals surface area contributed by atoms with Crippen molar-refractivity contribution in [2.75, 3.05) is 28.3 Å². The van der Waals surface area contributed by atoms with Crippen molar-refractivity contribution in [2.24, 2.45) is 11.3 Å². The van der Waals surface area contributed by atoms with Crippen LogP contribution in [0, 0.1) is 11.3 Å². The monoisotopic (exact) mass is 730 g/mol. The third-order valence-corrected chi connectivity index (χ3v) is 8.85. The molecule has 0 saturated heterocycles. The molecule has 3 N–H and O–H groups in total. The molecule has 52 heavy (non-hydrogen) atoms. The van der Waals surface area contributed by atoms with Crippen LogP contribution in [-0.2, 0) is 43.6 Å². The van der Waals surface area contributed by atoms with Crippen LogP contribution in [0.1, 0.15) is 105 Å². The molecule has 0 spiro atoms. The van der Waals surface area contributed by atoms with Crippen LogP contribution in [0.5, 0.6) is 0 Å². The van der Waals surface area contributed by atoms with Gasteiger partial charge in [-0.25, -0.2) is 9.59 Å². The lowest BCUT2D eigenvalue weighted by molar-refractivity contribution is -0.146. The van der Waals surface area contributed by atoms with Gasteiger partial charge in [-0.1, -0.05) is 66.7 Å². The number of hydrogen-bond acceptors (Lipinski definition) is 10. The Morgan fingerprint density at radius 1 is 0.846 bits per heavy atom. The molecule has 0 saturated carbocycles. The fraction of sp³-hybridized carbons (Fsp3) is 0.641. The Bertz CT molecular complexity index is 1450. The molecule has 3 amide bonds. The van der Waals surface area contributed by atoms with Crippen LogP contribution in [0.25, 0.3) is 0 Å². The number of nitrogens with one attached hydrogen (secondary N) is 3. The van der Waals surface area contributed by atoms with E-state index in [1.807, 2.05) is 48.5 Å². The highest BCUT2D eigenvalue weighted by atomic mass is 16.6. The highest BCUT2D eigenvalue weighted by Crippen LogP contribution is 2.30. The Labute approximate surface area is 310 Å². The van der Waals surface area contributed by atoms with Gasteiger partial charge >= 0.3 is 17.9 Å². The molecule has 1 aromatic rings. The van der Waals surface area contributed by atoms with E-state index < -0.39 is 70.3 Å². The first kappa shape index (κ1) is 45.8. The van der Waals surface area contributed by atoms with E-state index in [2.05, 4.69) is 20.7 Å². The number of carbonyl (C=O) groups is 6. The van der Waals surface area contributed by atoms with E-state index in [4.69, 9.17) is 9.47 Å². The van der Waals surface area contributed by atoms with Gasteiger partial charge in [-0.15, -0.1) is 0 Å². The fourth-order valence-electron chi connectivity index (χ4n) is 5.69. The van der Waals surface area contributed by atoms with Gasteiger partial charge in [-0.05, 0) is 70.2 Å². The van der Waals surface area contributed by atoms with Gasteiger partial charge in [0.1, 0.15) is 17.7 Å². The summed E-state index contributed by atoms with van der Waals surface area (Å²) in [5.41, 5.74) is -0.676. The summed E-state index contributed by atoms with van der Waals surface area (Å²) in [4.78, 5) is 79.6. The number of likely N-dealkylation sites (N-methyl/N-ethyl adjacent to an activating group) is 2. The van der Waals surface area contributed by atoms with Gasteiger partial charge in [0.15, 0.2) is 0 Å². The normalized spacial score (nSPS) is 14.7. The zero-order valence-electron chi connectivity index (χ0n) is 33.8. The Kier molecular flexibility index (Phi) is 16.7. The summed E-state index contributed by atoms with van der Waals surface area (Å²) in [6, 6.07) is 3.58. The first-order valence-electron chi connectivity index (χ1n) is 17.5. The third kappa shape index (κ3) is 13.1. The van der Waals surface area contributed by atoms with Gasteiger partial charge in [0.25, 0.3) is 0 Å². The molecule has 0 aromatic heterocycles. The second-order valence-electron chi connectivity index (χ2n) is 16.0. The van der Waals surface area contributed by atoms with Crippen LogP contribution in [-0.4, -0.2) is 98.6 Å². The molecule has 292 valence electrons. The van der Waals surface area contributed by atoms with Crippen LogP contribution in [0.4, 0.5) is 0 Å². The summed E-state index contributed by atoms with van der Waals surface area (Å²) >= 11 is 0. The van der Waals surface area contributed by atoms with E-state index in [9.17, 15) is 28.8 Å². The zero-order chi connectivity index (χ0) is 40.4. The van der Waals surface area contributed by atoms with Crippen molar-refractivity contribution in [1.82, 2.24) is 20.9 Å². The maximum Gasteiger partial charge on any atom is 0.338 e. The topological polar surface area (TPSA) is 169 Å². The summed E-state index contributed by atoms with van der Waals surface area (Å²) < 4.78 is 14.9. The van der Waals surface area contributed by atoms with Crippen molar-refractivity contribution in [3.63, 3.8) is 0 Å². The van der Waals surface area contributed by atoms with Crippen molar-refractivity contribution in [2.45, 2.75) is 124 Å².